The molecule has 0 bridgehead atoms. The molecule has 0 saturated carbocycles. The van der Waals surface area contributed by atoms with E-state index in [0.717, 1.165) is 23.7 Å². The van der Waals surface area contributed by atoms with Crippen LogP contribution in [0.3, 0.4) is 0 Å². The van der Waals surface area contributed by atoms with Crippen LogP contribution < -0.4 is 5.32 Å². The number of aliphatic hydroxyl groups excluding tert-OH is 1. The van der Waals surface area contributed by atoms with Gasteiger partial charge in [-0.2, -0.15) is 0 Å². The van der Waals surface area contributed by atoms with Crippen LogP contribution >= 0.6 is 22.9 Å². The van der Waals surface area contributed by atoms with Crippen molar-refractivity contribution in [2.45, 2.75) is 51.0 Å². The molecule has 0 spiro atoms. The number of fused-ring (bicyclic) bond motifs is 1. The fourth-order valence-electron chi connectivity index (χ4n) is 2.60. The lowest BCUT2D eigenvalue weighted by Gasteiger charge is -2.23. The van der Waals surface area contributed by atoms with E-state index in [-0.39, 0.29) is 0 Å². The zero-order chi connectivity index (χ0) is 12.8. The zero-order valence-electron chi connectivity index (χ0n) is 10.8. The summed E-state index contributed by atoms with van der Waals surface area (Å²) in [5, 5.41) is 12.4. The SMILES string of the molecule is OCCCCCCNC1CCCc2sc(Cl)cc21. The van der Waals surface area contributed by atoms with Crippen LogP contribution in [0.4, 0.5) is 0 Å². The van der Waals surface area contributed by atoms with Crippen LogP contribution in [-0.4, -0.2) is 18.3 Å². The lowest BCUT2D eigenvalue weighted by Crippen LogP contribution is -2.25. The van der Waals surface area contributed by atoms with Crippen LogP contribution in [0, 0.1) is 0 Å². The van der Waals surface area contributed by atoms with Crippen molar-refractivity contribution in [2.75, 3.05) is 13.2 Å². The van der Waals surface area contributed by atoms with Crippen molar-refractivity contribution in [3.63, 3.8) is 0 Å². The van der Waals surface area contributed by atoms with E-state index in [0.29, 0.717) is 12.6 Å². The van der Waals surface area contributed by atoms with Crippen LogP contribution in [0.5, 0.6) is 0 Å². The molecule has 1 aromatic heterocycles. The van der Waals surface area contributed by atoms with E-state index in [1.54, 1.807) is 11.3 Å². The fraction of sp³-hybridized carbons (Fsp3) is 0.714. The van der Waals surface area contributed by atoms with Gasteiger partial charge in [0.2, 0.25) is 0 Å². The van der Waals surface area contributed by atoms with Crippen LogP contribution in [0.15, 0.2) is 6.07 Å². The van der Waals surface area contributed by atoms with Gasteiger partial charge in [-0.15, -0.1) is 11.3 Å². The average Bonchev–Trinajstić information content (AvgIpc) is 2.74. The van der Waals surface area contributed by atoms with E-state index in [4.69, 9.17) is 16.7 Å². The summed E-state index contributed by atoms with van der Waals surface area (Å²) < 4.78 is 0.927. The minimum absolute atomic E-state index is 0.326. The number of nitrogens with one attached hydrogen (secondary N) is 1. The Morgan fingerprint density at radius 1 is 1.33 bits per heavy atom. The number of thiophene rings is 1. The van der Waals surface area contributed by atoms with Crippen molar-refractivity contribution in [3.05, 3.63) is 20.8 Å². The van der Waals surface area contributed by atoms with Crippen LogP contribution in [0.1, 0.15) is 55.0 Å². The van der Waals surface area contributed by atoms with Crippen LogP contribution in [-0.2, 0) is 6.42 Å². The molecule has 102 valence electrons. The van der Waals surface area contributed by atoms with Crippen molar-refractivity contribution < 1.29 is 5.11 Å². The predicted molar refractivity (Wildman–Crippen MR) is 78.6 cm³/mol. The second-order valence-corrected chi connectivity index (χ2v) is 6.73. The van der Waals surface area contributed by atoms with Gasteiger partial charge in [0.1, 0.15) is 0 Å². The molecule has 18 heavy (non-hydrogen) atoms. The molecule has 1 heterocycles. The summed E-state index contributed by atoms with van der Waals surface area (Å²) in [5.74, 6) is 0. The average molecular weight is 288 g/mol. The minimum Gasteiger partial charge on any atom is -0.396 e. The molecule has 1 atom stereocenters. The number of hydrogen-bond donors (Lipinski definition) is 2. The Hall–Kier alpha value is -0.0900. The summed E-state index contributed by atoms with van der Waals surface area (Å²) in [6, 6.07) is 2.65. The third kappa shape index (κ3) is 3.95. The Labute approximate surface area is 118 Å². The molecule has 0 amide bonds. The first-order chi connectivity index (χ1) is 8.81. The lowest BCUT2D eigenvalue weighted by atomic mass is 9.94. The summed E-state index contributed by atoms with van der Waals surface area (Å²) in [7, 11) is 0. The third-order valence-electron chi connectivity index (χ3n) is 3.56. The Bertz CT molecular complexity index is 367. The summed E-state index contributed by atoms with van der Waals surface area (Å²) in [6.45, 7) is 1.40. The summed E-state index contributed by atoms with van der Waals surface area (Å²) in [4.78, 5) is 1.48. The Morgan fingerprint density at radius 2 is 2.17 bits per heavy atom. The minimum atomic E-state index is 0.326. The van der Waals surface area contributed by atoms with E-state index in [1.807, 2.05) is 0 Å². The van der Waals surface area contributed by atoms with E-state index in [2.05, 4.69) is 11.4 Å². The maximum atomic E-state index is 8.71. The molecule has 1 aromatic rings. The Kier molecular flexibility index (Phi) is 5.96. The van der Waals surface area contributed by atoms with Gasteiger partial charge >= 0.3 is 0 Å². The smallest absolute Gasteiger partial charge is 0.0934 e. The van der Waals surface area contributed by atoms with Gasteiger partial charge in [-0.25, -0.2) is 0 Å². The molecule has 0 radical (unpaired) electrons. The molecule has 0 fully saturated rings. The number of hydrogen-bond acceptors (Lipinski definition) is 3. The maximum Gasteiger partial charge on any atom is 0.0934 e. The number of halogens is 1. The first-order valence-corrected chi connectivity index (χ1v) is 8.13. The standard InChI is InChI=1S/C14H22ClNOS/c15-14-10-11-12(6-5-7-13(11)18-14)16-8-3-1-2-4-9-17/h10,12,16-17H,1-9H2. The second-order valence-electron chi connectivity index (χ2n) is 4.97. The van der Waals surface area contributed by atoms with Crippen molar-refractivity contribution in [3.8, 4) is 0 Å². The molecule has 0 saturated heterocycles. The van der Waals surface area contributed by atoms with Gasteiger partial charge in [0.15, 0.2) is 0 Å². The topological polar surface area (TPSA) is 32.3 Å². The number of unbranched alkanes of at least 4 members (excludes halogenated alkanes) is 3. The molecule has 1 unspecified atom stereocenters. The summed E-state index contributed by atoms with van der Waals surface area (Å²) >= 11 is 7.84. The van der Waals surface area contributed by atoms with Crippen molar-refractivity contribution >= 4 is 22.9 Å². The molecular weight excluding hydrogens is 266 g/mol. The Morgan fingerprint density at radius 3 is 3.00 bits per heavy atom. The van der Waals surface area contributed by atoms with Crippen LogP contribution in [0.25, 0.3) is 0 Å². The predicted octanol–water partition coefficient (Wildman–Crippen LogP) is 3.92. The number of aliphatic hydroxyl groups is 1. The summed E-state index contributed by atoms with van der Waals surface area (Å²) in [6.07, 6.45) is 8.18. The van der Waals surface area contributed by atoms with Crippen molar-refractivity contribution in [1.82, 2.24) is 5.32 Å². The highest BCUT2D eigenvalue weighted by Gasteiger charge is 2.21. The second kappa shape index (κ2) is 7.49. The molecule has 2 nitrogen and oxygen atoms in total. The van der Waals surface area contributed by atoms with Gasteiger partial charge in [-0.3, -0.25) is 0 Å². The van der Waals surface area contributed by atoms with Gasteiger partial charge in [-0.1, -0.05) is 24.4 Å². The molecule has 0 aromatic carbocycles. The van der Waals surface area contributed by atoms with E-state index in [9.17, 15) is 0 Å². The van der Waals surface area contributed by atoms with Gasteiger partial charge in [0.25, 0.3) is 0 Å². The molecular formula is C14H22ClNOS. The first kappa shape index (κ1) is 14.3. The van der Waals surface area contributed by atoms with Gasteiger partial charge in [0.05, 0.1) is 4.34 Å². The fourth-order valence-corrected chi connectivity index (χ4v) is 3.98. The van der Waals surface area contributed by atoms with Gasteiger partial charge < -0.3 is 10.4 Å². The van der Waals surface area contributed by atoms with E-state index in [1.165, 1.54) is 42.5 Å². The highest BCUT2D eigenvalue weighted by atomic mass is 35.5. The van der Waals surface area contributed by atoms with Crippen LogP contribution in [0.2, 0.25) is 4.34 Å². The molecule has 2 rings (SSSR count). The van der Waals surface area contributed by atoms with E-state index < -0.39 is 0 Å². The molecule has 1 aliphatic carbocycles. The first-order valence-electron chi connectivity index (χ1n) is 6.93. The molecule has 1 aliphatic rings. The normalized spacial score (nSPS) is 18.9. The number of aryl methyl sites for hydroxylation is 1. The van der Waals surface area contributed by atoms with Gasteiger partial charge in [0, 0.05) is 17.5 Å². The molecule has 4 heteroatoms. The Balaban J connectivity index is 1.74. The largest absolute Gasteiger partial charge is 0.396 e. The highest BCUT2D eigenvalue weighted by Crippen LogP contribution is 2.37. The third-order valence-corrected chi connectivity index (χ3v) is 4.90. The monoisotopic (exact) mass is 287 g/mol. The maximum absolute atomic E-state index is 8.71. The lowest BCUT2D eigenvalue weighted by molar-refractivity contribution is 0.282. The summed E-state index contributed by atoms with van der Waals surface area (Å²) in [5.41, 5.74) is 1.44. The number of rotatable bonds is 7. The van der Waals surface area contributed by atoms with E-state index >= 15 is 0 Å². The van der Waals surface area contributed by atoms with Gasteiger partial charge in [-0.05, 0) is 50.3 Å². The highest BCUT2D eigenvalue weighted by molar-refractivity contribution is 7.16. The molecule has 0 aliphatic heterocycles. The van der Waals surface area contributed by atoms with Crippen molar-refractivity contribution in [1.29, 1.82) is 0 Å². The van der Waals surface area contributed by atoms with Crippen molar-refractivity contribution in [2.24, 2.45) is 0 Å². The molecule has 2 N–H and O–H groups in total. The quantitative estimate of drug-likeness (QED) is 0.745. The zero-order valence-corrected chi connectivity index (χ0v) is 12.3.